The minimum atomic E-state index is -0.651. The molecule has 1 aromatic carbocycles. The Bertz CT molecular complexity index is 878. The molecule has 4 rings (SSSR count). The number of carbonyl (C=O) groups is 1. The second-order valence-electron chi connectivity index (χ2n) is 7.73. The van der Waals surface area contributed by atoms with Crippen LogP contribution in [0.15, 0.2) is 35.5 Å². The number of amides is 1. The molecular weight excluding hydrogens is 370 g/mol. The van der Waals surface area contributed by atoms with Crippen LogP contribution in [0.25, 0.3) is 5.69 Å². The fourth-order valence-corrected chi connectivity index (χ4v) is 4.79. The molecule has 0 atom stereocenters. The Balaban J connectivity index is 1.51. The average molecular weight is 396 g/mol. The summed E-state index contributed by atoms with van der Waals surface area (Å²) >= 11 is 1.41. The predicted octanol–water partition coefficient (Wildman–Crippen LogP) is 3.92. The van der Waals surface area contributed by atoms with Crippen LogP contribution in [0.1, 0.15) is 56.7 Å². The highest BCUT2D eigenvalue weighted by Gasteiger charge is 2.39. The minimum absolute atomic E-state index is 0.0240. The zero-order chi connectivity index (χ0) is 19.6. The van der Waals surface area contributed by atoms with Crippen LogP contribution in [-0.2, 0) is 4.79 Å². The largest absolute Gasteiger partial charge is 0.326 e. The first kappa shape index (κ1) is 19.0. The normalized spacial score (nSPS) is 18.4. The first-order chi connectivity index (χ1) is 13.6. The van der Waals surface area contributed by atoms with Crippen molar-refractivity contribution >= 4 is 17.7 Å². The van der Waals surface area contributed by atoms with Crippen LogP contribution in [0.3, 0.4) is 0 Å². The smallest absolute Gasteiger partial charge is 0.234 e. The Morgan fingerprint density at radius 2 is 1.96 bits per heavy atom. The maximum absolute atomic E-state index is 12.9. The molecule has 0 unspecified atom stereocenters. The molecule has 1 amide bonds. The molecule has 0 N–H and O–H groups in total. The summed E-state index contributed by atoms with van der Waals surface area (Å²) in [4.78, 5) is 14.5. The average Bonchev–Trinajstić information content (AvgIpc) is 3.51. The van der Waals surface area contributed by atoms with E-state index >= 15 is 0 Å². The number of carbonyl (C=O) groups excluding carboxylic acids is 1. The number of thioether (sulfide) groups is 1. The topological polar surface area (TPSA) is 74.8 Å². The molecule has 1 heterocycles. The summed E-state index contributed by atoms with van der Waals surface area (Å²) in [5.74, 6) is 1.68. The predicted molar refractivity (Wildman–Crippen MR) is 108 cm³/mol. The zero-order valence-corrected chi connectivity index (χ0v) is 17.0. The van der Waals surface area contributed by atoms with Crippen LogP contribution >= 0.6 is 11.8 Å². The van der Waals surface area contributed by atoms with Crippen LogP contribution in [0, 0.1) is 11.3 Å². The van der Waals surface area contributed by atoms with Crippen molar-refractivity contribution in [2.45, 2.75) is 61.6 Å². The molecule has 6 nitrogen and oxygen atoms in total. The van der Waals surface area contributed by atoms with Gasteiger partial charge in [0, 0.05) is 18.7 Å². The second-order valence-corrected chi connectivity index (χ2v) is 8.67. The van der Waals surface area contributed by atoms with E-state index in [0.29, 0.717) is 5.92 Å². The lowest BCUT2D eigenvalue weighted by Crippen LogP contribution is -2.50. The molecule has 7 heteroatoms. The van der Waals surface area contributed by atoms with Gasteiger partial charge in [0.05, 0.1) is 11.8 Å². The van der Waals surface area contributed by atoms with Crippen LogP contribution in [-0.4, -0.2) is 43.9 Å². The number of para-hydroxylation sites is 1. The van der Waals surface area contributed by atoms with E-state index in [0.717, 1.165) is 61.6 Å². The third-order valence-electron chi connectivity index (χ3n) is 5.84. The summed E-state index contributed by atoms with van der Waals surface area (Å²) in [6.45, 7) is 0. The number of hydrogen-bond donors (Lipinski definition) is 0. The Hall–Kier alpha value is -2.33. The molecule has 1 aromatic heterocycles. The molecule has 0 saturated heterocycles. The lowest BCUT2D eigenvalue weighted by Gasteiger charge is -2.39. The maximum Gasteiger partial charge on any atom is 0.234 e. The standard InChI is InChI=1S/C21H25N5OS/c1-25(21(15-22)12-6-3-7-13-21)18(27)14-28-20-24-23-19(16-10-11-16)26(20)17-8-4-2-5-9-17/h2,4-5,8-9,16H,3,6-7,10-14H2,1H3. The molecule has 2 aliphatic carbocycles. The van der Waals surface area contributed by atoms with E-state index in [1.165, 1.54) is 11.8 Å². The molecule has 2 aromatic rings. The molecule has 0 spiro atoms. The molecular formula is C21H25N5OS. The number of aromatic nitrogens is 3. The monoisotopic (exact) mass is 395 g/mol. The summed E-state index contributed by atoms with van der Waals surface area (Å²) < 4.78 is 2.08. The van der Waals surface area contributed by atoms with Crippen molar-refractivity contribution < 1.29 is 4.79 Å². The van der Waals surface area contributed by atoms with E-state index in [-0.39, 0.29) is 11.7 Å². The van der Waals surface area contributed by atoms with Crippen molar-refractivity contribution in [3.63, 3.8) is 0 Å². The van der Waals surface area contributed by atoms with Crippen molar-refractivity contribution in [3.8, 4) is 11.8 Å². The van der Waals surface area contributed by atoms with Crippen molar-refractivity contribution in [2.24, 2.45) is 0 Å². The van der Waals surface area contributed by atoms with Crippen molar-refractivity contribution in [3.05, 3.63) is 36.2 Å². The van der Waals surface area contributed by atoms with Crippen LogP contribution in [0.4, 0.5) is 0 Å². The molecule has 0 aliphatic heterocycles. The summed E-state index contributed by atoms with van der Waals surface area (Å²) in [5.41, 5.74) is 0.376. The Morgan fingerprint density at radius 1 is 1.25 bits per heavy atom. The number of rotatable bonds is 6. The maximum atomic E-state index is 12.9. The molecule has 0 radical (unpaired) electrons. The lowest BCUT2D eigenvalue weighted by atomic mass is 9.81. The van der Waals surface area contributed by atoms with Gasteiger partial charge in [-0.3, -0.25) is 9.36 Å². The highest BCUT2D eigenvalue weighted by Crippen LogP contribution is 2.41. The highest BCUT2D eigenvalue weighted by atomic mass is 32.2. The zero-order valence-electron chi connectivity index (χ0n) is 16.2. The van der Waals surface area contributed by atoms with Gasteiger partial charge < -0.3 is 4.90 Å². The molecule has 28 heavy (non-hydrogen) atoms. The minimum Gasteiger partial charge on any atom is -0.326 e. The van der Waals surface area contributed by atoms with Gasteiger partial charge in [0.25, 0.3) is 0 Å². The van der Waals surface area contributed by atoms with Gasteiger partial charge >= 0.3 is 0 Å². The van der Waals surface area contributed by atoms with E-state index in [9.17, 15) is 10.1 Å². The summed E-state index contributed by atoms with van der Waals surface area (Å²) in [6, 6.07) is 12.5. The lowest BCUT2D eigenvalue weighted by molar-refractivity contribution is -0.131. The third kappa shape index (κ3) is 3.66. The first-order valence-electron chi connectivity index (χ1n) is 9.96. The highest BCUT2D eigenvalue weighted by molar-refractivity contribution is 7.99. The molecule has 2 fully saturated rings. The van der Waals surface area contributed by atoms with Gasteiger partial charge in [-0.15, -0.1) is 10.2 Å². The number of nitriles is 1. The fraction of sp³-hybridized carbons (Fsp3) is 0.524. The Morgan fingerprint density at radius 3 is 2.61 bits per heavy atom. The van der Waals surface area contributed by atoms with Gasteiger partial charge in [-0.1, -0.05) is 49.2 Å². The molecule has 2 saturated carbocycles. The number of benzene rings is 1. The summed E-state index contributed by atoms with van der Waals surface area (Å²) in [7, 11) is 1.77. The van der Waals surface area contributed by atoms with E-state index in [1.807, 2.05) is 30.3 Å². The van der Waals surface area contributed by atoms with Gasteiger partial charge in [-0.2, -0.15) is 5.26 Å². The van der Waals surface area contributed by atoms with E-state index in [4.69, 9.17) is 0 Å². The molecule has 146 valence electrons. The Kier molecular flexibility index (Phi) is 5.40. The fourth-order valence-electron chi connectivity index (χ4n) is 3.92. The van der Waals surface area contributed by atoms with Crippen molar-refractivity contribution in [2.75, 3.05) is 12.8 Å². The van der Waals surface area contributed by atoms with Gasteiger partial charge in [-0.05, 0) is 37.8 Å². The summed E-state index contributed by atoms with van der Waals surface area (Å²) in [6.07, 6.45) is 6.97. The van der Waals surface area contributed by atoms with Gasteiger partial charge in [0.2, 0.25) is 5.91 Å². The van der Waals surface area contributed by atoms with Crippen molar-refractivity contribution in [1.29, 1.82) is 5.26 Å². The van der Waals surface area contributed by atoms with E-state index in [2.05, 4.69) is 20.8 Å². The van der Waals surface area contributed by atoms with Crippen LogP contribution in [0.2, 0.25) is 0 Å². The van der Waals surface area contributed by atoms with Crippen LogP contribution in [0.5, 0.6) is 0 Å². The third-order valence-corrected chi connectivity index (χ3v) is 6.76. The molecule has 2 aliphatic rings. The van der Waals surface area contributed by atoms with Gasteiger partial charge in [-0.25, -0.2) is 0 Å². The van der Waals surface area contributed by atoms with E-state index in [1.54, 1.807) is 11.9 Å². The second kappa shape index (κ2) is 7.96. The SMILES string of the molecule is CN(C(=O)CSc1nnc(C2CC2)n1-c1ccccc1)C1(C#N)CCCCC1. The van der Waals surface area contributed by atoms with Crippen LogP contribution < -0.4 is 0 Å². The summed E-state index contributed by atoms with van der Waals surface area (Å²) in [5, 5.41) is 19.3. The quantitative estimate of drug-likeness (QED) is 0.693. The van der Waals surface area contributed by atoms with E-state index < -0.39 is 5.54 Å². The van der Waals surface area contributed by atoms with Gasteiger partial charge in [0.1, 0.15) is 11.4 Å². The Labute approximate surface area is 169 Å². The number of hydrogen-bond acceptors (Lipinski definition) is 5. The number of nitrogens with zero attached hydrogens (tertiary/aromatic N) is 5. The molecule has 0 bridgehead atoms. The van der Waals surface area contributed by atoms with Gasteiger partial charge in [0.15, 0.2) is 5.16 Å². The first-order valence-corrected chi connectivity index (χ1v) is 10.9. The van der Waals surface area contributed by atoms with Crippen molar-refractivity contribution in [1.82, 2.24) is 19.7 Å².